The molecule has 1 aromatic carbocycles. The van der Waals surface area contributed by atoms with Crippen LogP contribution in [0.4, 0.5) is 4.39 Å². The van der Waals surface area contributed by atoms with Crippen molar-refractivity contribution in [2.45, 2.75) is 13.5 Å². The molecule has 0 unspecified atom stereocenters. The quantitative estimate of drug-likeness (QED) is 0.750. The van der Waals surface area contributed by atoms with Gasteiger partial charge < -0.3 is 9.57 Å². The number of hydrogen-bond acceptors (Lipinski definition) is 3. The van der Waals surface area contributed by atoms with Crippen molar-refractivity contribution in [1.29, 1.82) is 0 Å². The largest absolute Gasteiger partial charge is 0.493 e. The number of hydroxylamine groups is 1. The van der Waals surface area contributed by atoms with Crippen LogP contribution in [0, 0.1) is 12.7 Å². The van der Waals surface area contributed by atoms with Gasteiger partial charge in [-0.1, -0.05) is 12.1 Å². The highest BCUT2D eigenvalue weighted by Gasteiger charge is 2.10. The molecule has 0 radical (unpaired) electrons. The molecule has 0 heterocycles. The molecule has 0 saturated carbocycles. The average molecular weight is 199 g/mol. The Labute approximate surface area is 82.8 Å². The smallest absolute Gasteiger partial charge is 0.168 e. The van der Waals surface area contributed by atoms with Crippen molar-refractivity contribution in [2.24, 2.45) is 0 Å². The van der Waals surface area contributed by atoms with E-state index in [4.69, 9.17) is 4.74 Å². The van der Waals surface area contributed by atoms with Gasteiger partial charge in [0.2, 0.25) is 0 Å². The van der Waals surface area contributed by atoms with E-state index < -0.39 is 0 Å². The second kappa shape index (κ2) is 4.93. The van der Waals surface area contributed by atoms with Crippen LogP contribution >= 0.6 is 0 Å². The van der Waals surface area contributed by atoms with Crippen LogP contribution < -0.4 is 10.2 Å². The predicted molar refractivity (Wildman–Crippen MR) is 51.5 cm³/mol. The number of methoxy groups -OCH3 is 1. The molecule has 0 aliphatic heterocycles. The van der Waals surface area contributed by atoms with Crippen LogP contribution in [0.25, 0.3) is 0 Å². The lowest BCUT2D eigenvalue weighted by Crippen LogP contribution is -2.12. The zero-order valence-electron chi connectivity index (χ0n) is 8.56. The number of hydrogen-bond donors (Lipinski definition) is 1. The average Bonchev–Trinajstić information content (AvgIpc) is 2.20. The first kappa shape index (κ1) is 10.9. The molecule has 1 aromatic rings. The van der Waals surface area contributed by atoms with Crippen molar-refractivity contribution < 1.29 is 14.0 Å². The first-order chi connectivity index (χ1) is 6.70. The van der Waals surface area contributed by atoms with Gasteiger partial charge in [0, 0.05) is 12.1 Å². The summed E-state index contributed by atoms with van der Waals surface area (Å²) in [5.74, 6) is -0.0440. The van der Waals surface area contributed by atoms with Crippen molar-refractivity contribution in [3.8, 4) is 5.75 Å². The van der Waals surface area contributed by atoms with Crippen LogP contribution in [-0.2, 0) is 11.4 Å². The highest BCUT2D eigenvalue weighted by atomic mass is 19.1. The Hall–Kier alpha value is -1.13. The Balaban J connectivity index is 2.98. The molecule has 0 spiro atoms. The Morgan fingerprint density at radius 1 is 1.36 bits per heavy atom. The van der Waals surface area contributed by atoms with Gasteiger partial charge in [-0.2, -0.15) is 5.48 Å². The summed E-state index contributed by atoms with van der Waals surface area (Å²) in [7, 11) is 2.96. The van der Waals surface area contributed by atoms with Gasteiger partial charge in [0.05, 0.1) is 14.2 Å². The molecule has 0 amide bonds. The van der Waals surface area contributed by atoms with Crippen LogP contribution in [0.2, 0.25) is 0 Å². The number of nitrogens with one attached hydrogen (secondary N) is 1. The summed E-state index contributed by atoms with van der Waals surface area (Å²) in [6.07, 6.45) is 0. The van der Waals surface area contributed by atoms with Gasteiger partial charge in [-0.05, 0) is 12.5 Å². The van der Waals surface area contributed by atoms with E-state index in [0.717, 1.165) is 5.56 Å². The molecule has 0 fully saturated rings. The number of benzene rings is 1. The highest BCUT2D eigenvalue weighted by molar-refractivity contribution is 5.38. The normalized spacial score (nSPS) is 10.3. The van der Waals surface area contributed by atoms with Crippen molar-refractivity contribution in [2.75, 3.05) is 14.2 Å². The van der Waals surface area contributed by atoms with Crippen molar-refractivity contribution in [1.82, 2.24) is 5.48 Å². The third kappa shape index (κ3) is 2.21. The minimum Gasteiger partial charge on any atom is -0.493 e. The van der Waals surface area contributed by atoms with E-state index in [-0.39, 0.29) is 11.6 Å². The van der Waals surface area contributed by atoms with Crippen LogP contribution in [-0.4, -0.2) is 14.2 Å². The fourth-order valence-electron chi connectivity index (χ4n) is 1.20. The van der Waals surface area contributed by atoms with Gasteiger partial charge in [-0.15, -0.1) is 0 Å². The summed E-state index contributed by atoms with van der Waals surface area (Å²) in [5.41, 5.74) is 3.95. The third-order valence-corrected chi connectivity index (χ3v) is 1.98. The van der Waals surface area contributed by atoms with Crippen LogP contribution in [0.5, 0.6) is 5.75 Å². The molecular weight excluding hydrogens is 185 g/mol. The standard InChI is InChI=1S/C10H14FNO2/c1-7-4-5-8(6-12-14-3)10(13-2)9(7)11/h4-5,12H,6H2,1-3H3. The number of ether oxygens (including phenoxy) is 1. The minimum absolute atomic E-state index is 0.273. The topological polar surface area (TPSA) is 30.5 Å². The maximum atomic E-state index is 13.5. The molecule has 0 aromatic heterocycles. The summed E-state index contributed by atoms with van der Waals surface area (Å²) in [6.45, 7) is 2.11. The third-order valence-electron chi connectivity index (χ3n) is 1.98. The Bertz CT molecular complexity index is 315. The van der Waals surface area contributed by atoms with Gasteiger partial charge in [-0.25, -0.2) is 4.39 Å². The summed E-state index contributed by atoms with van der Waals surface area (Å²) in [5, 5.41) is 0. The molecule has 4 heteroatoms. The predicted octanol–water partition coefficient (Wildman–Crippen LogP) is 1.79. The molecule has 0 atom stereocenters. The van der Waals surface area contributed by atoms with E-state index in [1.54, 1.807) is 13.0 Å². The Kier molecular flexibility index (Phi) is 3.85. The molecule has 0 aliphatic rings. The maximum Gasteiger partial charge on any atom is 0.168 e. The molecule has 0 bridgehead atoms. The Morgan fingerprint density at radius 2 is 2.07 bits per heavy atom. The van der Waals surface area contributed by atoms with Crippen LogP contribution in [0.3, 0.4) is 0 Å². The first-order valence-corrected chi connectivity index (χ1v) is 4.28. The van der Waals surface area contributed by atoms with E-state index in [9.17, 15) is 4.39 Å². The zero-order valence-corrected chi connectivity index (χ0v) is 8.56. The highest BCUT2D eigenvalue weighted by Crippen LogP contribution is 2.24. The fourth-order valence-corrected chi connectivity index (χ4v) is 1.20. The first-order valence-electron chi connectivity index (χ1n) is 4.28. The lowest BCUT2D eigenvalue weighted by atomic mass is 10.1. The summed E-state index contributed by atoms with van der Waals surface area (Å²) >= 11 is 0. The minimum atomic E-state index is -0.317. The molecule has 78 valence electrons. The number of rotatable bonds is 4. The van der Waals surface area contributed by atoms with E-state index in [1.165, 1.54) is 14.2 Å². The van der Waals surface area contributed by atoms with Crippen molar-refractivity contribution in [3.63, 3.8) is 0 Å². The number of aryl methyl sites for hydroxylation is 1. The van der Waals surface area contributed by atoms with E-state index in [0.29, 0.717) is 12.1 Å². The van der Waals surface area contributed by atoms with Gasteiger partial charge >= 0.3 is 0 Å². The molecule has 1 N–H and O–H groups in total. The van der Waals surface area contributed by atoms with E-state index >= 15 is 0 Å². The van der Waals surface area contributed by atoms with E-state index in [2.05, 4.69) is 10.3 Å². The zero-order chi connectivity index (χ0) is 10.6. The summed E-state index contributed by atoms with van der Waals surface area (Å²) < 4.78 is 18.5. The van der Waals surface area contributed by atoms with Crippen molar-refractivity contribution in [3.05, 3.63) is 29.1 Å². The SMILES string of the molecule is CONCc1ccc(C)c(F)c1OC. The second-order valence-corrected chi connectivity index (χ2v) is 2.91. The van der Waals surface area contributed by atoms with Gasteiger partial charge in [0.1, 0.15) is 0 Å². The molecule has 1 rings (SSSR count). The molecule has 0 aliphatic carbocycles. The van der Waals surface area contributed by atoms with Crippen molar-refractivity contribution >= 4 is 0 Å². The van der Waals surface area contributed by atoms with Crippen LogP contribution in [0.1, 0.15) is 11.1 Å². The molecular formula is C10H14FNO2. The van der Waals surface area contributed by atoms with Gasteiger partial charge in [-0.3, -0.25) is 0 Å². The van der Waals surface area contributed by atoms with E-state index in [1.807, 2.05) is 6.07 Å². The Morgan fingerprint density at radius 3 is 2.64 bits per heavy atom. The monoisotopic (exact) mass is 199 g/mol. The lowest BCUT2D eigenvalue weighted by molar-refractivity contribution is 0.0860. The summed E-state index contributed by atoms with van der Waals surface area (Å²) in [6, 6.07) is 3.52. The van der Waals surface area contributed by atoms with Crippen LogP contribution in [0.15, 0.2) is 12.1 Å². The molecule has 14 heavy (non-hydrogen) atoms. The maximum absolute atomic E-state index is 13.5. The van der Waals surface area contributed by atoms with Gasteiger partial charge in [0.15, 0.2) is 11.6 Å². The lowest BCUT2D eigenvalue weighted by Gasteiger charge is -2.10. The van der Waals surface area contributed by atoms with Gasteiger partial charge in [0.25, 0.3) is 0 Å². The summed E-state index contributed by atoms with van der Waals surface area (Å²) in [4.78, 5) is 4.69. The second-order valence-electron chi connectivity index (χ2n) is 2.91. The number of halogens is 1. The molecule has 0 saturated heterocycles. The fraction of sp³-hybridized carbons (Fsp3) is 0.400. The molecule has 3 nitrogen and oxygen atoms in total.